The summed E-state index contributed by atoms with van der Waals surface area (Å²) in [5, 5.41) is 0. The SMILES string of the molecule is CN(C)CC1C[CH]CCCCCCCCC1. The van der Waals surface area contributed by atoms with E-state index in [4.69, 9.17) is 0 Å². The third-order valence-corrected chi connectivity index (χ3v) is 3.64. The van der Waals surface area contributed by atoms with Crippen LogP contribution in [-0.4, -0.2) is 25.5 Å². The van der Waals surface area contributed by atoms with Crippen molar-refractivity contribution in [3.63, 3.8) is 0 Å². The number of hydrogen-bond donors (Lipinski definition) is 0. The fraction of sp³-hybridized carbons (Fsp3) is 0.933. The minimum atomic E-state index is 0.912. The minimum absolute atomic E-state index is 0.912. The molecule has 95 valence electrons. The highest BCUT2D eigenvalue weighted by molar-refractivity contribution is 4.73. The summed E-state index contributed by atoms with van der Waals surface area (Å²) in [5.41, 5.74) is 0. The van der Waals surface area contributed by atoms with Crippen molar-refractivity contribution in [2.75, 3.05) is 20.6 Å². The summed E-state index contributed by atoms with van der Waals surface area (Å²) < 4.78 is 0. The second-order valence-electron chi connectivity index (χ2n) is 5.70. The first kappa shape index (κ1) is 14.0. The molecular weight excluding hydrogens is 194 g/mol. The molecule has 1 heteroatoms. The summed E-state index contributed by atoms with van der Waals surface area (Å²) in [6, 6.07) is 0. The number of rotatable bonds is 2. The summed E-state index contributed by atoms with van der Waals surface area (Å²) in [5.74, 6) is 0.912. The third kappa shape index (κ3) is 7.27. The second-order valence-corrected chi connectivity index (χ2v) is 5.70. The van der Waals surface area contributed by atoms with Gasteiger partial charge >= 0.3 is 0 Å². The van der Waals surface area contributed by atoms with E-state index in [1.165, 1.54) is 70.8 Å². The fourth-order valence-corrected chi connectivity index (χ4v) is 2.76. The standard InChI is InChI=1S/C15H30N/c1-16(2)14-15-12-10-8-6-4-3-5-7-9-11-13-15/h10,15H,3-9,11-14H2,1-2H3. The lowest BCUT2D eigenvalue weighted by Crippen LogP contribution is -2.22. The van der Waals surface area contributed by atoms with E-state index in [2.05, 4.69) is 25.4 Å². The first-order chi connectivity index (χ1) is 7.79. The molecule has 0 heterocycles. The molecule has 0 aliphatic heterocycles. The van der Waals surface area contributed by atoms with Gasteiger partial charge in [0.05, 0.1) is 0 Å². The van der Waals surface area contributed by atoms with Crippen molar-refractivity contribution < 1.29 is 0 Å². The Bertz CT molecular complexity index is 142. The molecule has 0 aromatic rings. The molecule has 0 bridgehead atoms. The quantitative estimate of drug-likeness (QED) is 0.676. The molecule has 1 atom stereocenters. The van der Waals surface area contributed by atoms with Crippen LogP contribution in [0.4, 0.5) is 0 Å². The van der Waals surface area contributed by atoms with E-state index in [9.17, 15) is 0 Å². The molecule has 1 aliphatic carbocycles. The Kier molecular flexibility index (Phi) is 7.92. The molecule has 0 spiro atoms. The Hall–Kier alpha value is -0.0400. The molecule has 0 saturated heterocycles. The zero-order valence-electron chi connectivity index (χ0n) is 11.4. The average Bonchev–Trinajstić information content (AvgIpc) is 2.21. The van der Waals surface area contributed by atoms with Gasteiger partial charge in [0.25, 0.3) is 0 Å². The van der Waals surface area contributed by atoms with Crippen LogP contribution >= 0.6 is 0 Å². The Morgan fingerprint density at radius 3 is 2.25 bits per heavy atom. The van der Waals surface area contributed by atoms with Crippen molar-refractivity contribution in [2.45, 2.75) is 64.2 Å². The van der Waals surface area contributed by atoms with E-state index in [0.717, 1.165) is 5.92 Å². The Morgan fingerprint density at radius 1 is 0.938 bits per heavy atom. The van der Waals surface area contributed by atoms with E-state index < -0.39 is 0 Å². The molecule has 1 unspecified atom stereocenters. The molecule has 1 fully saturated rings. The van der Waals surface area contributed by atoms with E-state index in [0.29, 0.717) is 0 Å². The van der Waals surface area contributed by atoms with Gasteiger partial charge in [-0.15, -0.1) is 0 Å². The first-order valence-corrected chi connectivity index (χ1v) is 7.25. The third-order valence-electron chi connectivity index (χ3n) is 3.64. The van der Waals surface area contributed by atoms with Crippen LogP contribution in [0, 0.1) is 12.3 Å². The second kappa shape index (κ2) is 9.04. The Balaban J connectivity index is 2.24. The monoisotopic (exact) mass is 224 g/mol. The fourth-order valence-electron chi connectivity index (χ4n) is 2.76. The summed E-state index contributed by atoms with van der Waals surface area (Å²) >= 11 is 0. The van der Waals surface area contributed by atoms with Crippen LogP contribution in [-0.2, 0) is 0 Å². The zero-order chi connectivity index (χ0) is 11.6. The summed E-state index contributed by atoms with van der Waals surface area (Å²) in [6.45, 7) is 1.27. The highest BCUT2D eigenvalue weighted by atomic mass is 15.1. The predicted octanol–water partition coefficient (Wildman–Crippen LogP) is 4.28. The van der Waals surface area contributed by atoms with Gasteiger partial charge in [0, 0.05) is 6.54 Å². The molecular formula is C15H30N. The highest BCUT2D eigenvalue weighted by Crippen LogP contribution is 2.20. The maximum atomic E-state index is 2.55. The van der Waals surface area contributed by atoms with Gasteiger partial charge in [0.2, 0.25) is 0 Å². The van der Waals surface area contributed by atoms with Crippen molar-refractivity contribution in [2.24, 2.45) is 5.92 Å². The Morgan fingerprint density at radius 2 is 1.56 bits per heavy atom. The van der Waals surface area contributed by atoms with Crippen molar-refractivity contribution in [1.82, 2.24) is 4.90 Å². The van der Waals surface area contributed by atoms with Crippen molar-refractivity contribution in [1.29, 1.82) is 0 Å². The maximum Gasteiger partial charge on any atom is 0.000366 e. The van der Waals surface area contributed by atoms with Crippen LogP contribution in [0.1, 0.15) is 64.2 Å². The average molecular weight is 224 g/mol. The molecule has 1 radical (unpaired) electrons. The highest BCUT2D eigenvalue weighted by Gasteiger charge is 2.10. The zero-order valence-corrected chi connectivity index (χ0v) is 11.4. The van der Waals surface area contributed by atoms with Gasteiger partial charge in [-0.2, -0.15) is 0 Å². The topological polar surface area (TPSA) is 3.24 Å². The normalized spacial score (nSPS) is 22.7. The molecule has 1 rings (SSSR count). The van der Waals surface area contributed by atoms with Gasteiger partial charge in [0.1, 0.15) is 0 Å². The maximum absolute atomic E-state index is 2.55. The van der Waals surface area contributed by atoms with Crippen LogP contribution in [0.25, 0.3) is 0 Å². The molecule has 16 heavy (non-hydrogen) atoms. The first-order valence-electron chi connectivity index (χ1n) is 7.25. The summed E-state index contributed by atoms with van der Waals surface area (Å²) in [6.07, 6.45) is 16.9. The van der Waals surface area contributed by atoms with Crippen LogP contribution < -0.4 is 0 Å². The molecule has 1 nitrogen and oxygen atoms in total. The number of hydrogen-bond acceptors (Lipinski definition) is 1. The van der Waals surface area contributed by atoms with Crippen LogP contribution in [0.15, 0.2) is 0 Å². The smallest absolute Gasteiger partial charge is 0.000366 e. The van der Waals surface area contributed by atoms with Crippen molar-refractivity contribution in [3.8, 4) is 0 Å². The largest absolute Gasteiger partial charge is 0.309 e. The lowest BCUT2D eigenvalue weighted by molar-refractivity contribution is 0.299. The van der Waals surface area contributed by atoms with Gasteiger partial charge < -0.3 is 4.90 Å². The molecule has 1 saturated carbocycles. The van der Waals surface area contributed by atoms with Gasteiger partial charge in [-0.05, 0) is 39.3 Å². The molecule has 0 aromatic carbocycles. The van der Waals surface area contributed by atoms with Gasteiger partial charge in [-0.3, -0.25) is 0 Å². The van der Waals surface area contributed by atoms with E-state index in [1.807, 2.05) is 0 Å². The van der Waals surface area contributed by atoms with Crippen molar-refractivity contribution >= 4 is 0 Å². The van der Waals surface area contributed by atoms with Crippen LogP contribution in [0.5, 0.6) is 0 Å². The molecule has 0 amide bonds. The van der Waals surface area contributed by atoms with Crippen LogP contribution in [0.2, 0.25) is 0 Å². The number of nitrogens with zero attached hydrogens (tertiary/aromatic N) is 1. The van der Waals surface area contributed by atoms with Gasteiger partial charge in [-0.1, -0.05) is 51.4 Å². The lowest BCUT2D eigenvalue weighted by Gasteiger charge is -2.21. The van der Waals surface area contributed by atoms with E-state index in [1.54, 1.807) is 0 Å². The molecule has 1 aliphatic rings. The van der Waals surface area contributed by atoms with Gasteiger partial charge in [0.15, 0.2) is 0 Å². The Labute approximate surface area is 103 Å². The summed E-state index contributed by atoms with van der Waals surface area (Å²) in [4.78, 5) is 2.35. The van der Waals surface area contributed by atoms with Gasteiger partial charge in [-0.25, -0.2) is 0 Å². The lowest BCUT2D eigenvalue weighted by atomic mass is 9.92. The molecule has 0 N–H and O–H groups in total. The predicted molar refractivity (Wildman–Crippen MR) is 72.5 cm³/mol. The van der Waals surface area contributed by atoms with E-state index >= 15 is 0 Å². The van der Waals surface area contributed by atoms with Crippen LogP contribution in [0.3, 0.4) is 0 Å². The minimum Gasteiger partial charge on any atom is -0.309 e. The van der Waals surface area contributed by atoms with Crippen molar-refractivity contribution in [3.05, 3.63) is 6.42 Å². The molecule has 0 aromatic heterocycles. The van der Waals surface area contributed by atoms with E-state index in [-0.39, 0.29) is 0 Å². The summed E-state index contributed by atoms with van der Waals surface area (Å²) in [7, 11) is 4.41.